The fraction of sp³-hybridized carbons (Fsp3) is 0.680. The summed E-state index contributed by atoms with van der Waals surface area (Å²) in [5.74, 6) is -5.43. The second-order valence-electron chi connectivity index (χ2n) is 12.3. The Balaban J connectivity index is 3.78. The zero-order valence-corrected chi connectivity index (χ0v) is 22.5. The normalized spacial score (nSPS) is 16.6. The largest absolute Gasteiger partial charge is 0.481 e. The third kappa shape index (κ3) is 6.58. The number of carboxylic acids is 2. The van der Waals surface area contributed by atoms with Gasteiger partial charge in [-0.3, -0.25) is 14.1 Å². The number of rotatable bonds is 10. The molecular weight excluding hydrogens is 458 g/mol. The molecule has 0 aromatic heterocycles. The zero-order valence-electron chi connectivity index (χ0n) is 21.7. The minimum Gasteiger partial charge on any atom is -0.481 e. The quantitative estimate of drug-likeness (QED) is 0.339. The summed E-state index contributed by atoms with van der Waals surface area (Å²) in [6, 6.07) is 5.88. The van der Waals surface area contributed by atoms with E-state index < -0.39 is 50.3 Å². The molecule has 0 fully saturated rings. The van der Waals surface area contributed by atoms with E-state index in [2.05, 4.69) is 0 Å². The summed E-state index contributed by atoms with van der Waals surface area (Å²) < 4.78 is 32.4. The first-order valence-corrected chi connectivity index (χ1v) is 12.7. The van der Waals surface area contributed by atoms with E-state index in [0.29, 0.717) is 6.42 Å². The molecule has 1 aromatic rings. The molecule has 9 heteroatoms. The van der Waals surface area contributed by atoms with Crippen molar-refractivity contribution in [3.05, 3.63) is 29.8 Å². The highest BCUT2D eigenvalue weighted by Crippen LogP contribution is 2.58. The minimum atomic E-state index is -4.36. The van der Waals surface area contributed by atoms with Crippen LogP contribution in [0.15, 0.2) is 29.2 Å². The van der Waals surface area contributed by atoms with Crippen LogP contribution in [0.1, 0.15) is 80.2 Å². The van der Waals surface area contributed by atoms with Crippen molar-refractivity contribution in [1.29, 1.82) is 0 Å². The predicted octanol–water partition coefficient (Wildman–Crippen LogP) is 4.64. The number of carboxylic acid groups (broad SMARTS) is 2. The lowest BCUT2D eigenvalue weighted by Gasteiger charge is -2.53. The average Bonchev–Trinajstić information content (AvgIpc) is 2.60. The van der Waals surface area contributed by atoms with Gasteiger partial charge in [0.05, 0.1) is 16.7 Å². The van der Waals surface area contributed by atoms with Crippen LogP contribution in [0.5, 0.6) is 0 Å². The molecule has 0 saturated heterocycles. The van der Waals surface area contributed by atoms with Crippen LogP contribution in [0.25, 0.3) is 0 Å². The monoisotopic (exact) mass is 499 g/mol. The summed E-state index contributed by atoms with van der Waals surface area (Å²) in [6.45, 7) is 16.5. The molecule has 0 amide bonds. The van der Waals surface area contributed by atoms with Crippen molar-refractivity contribution in [2.45, 2.75) is 85.1 Å². The molecule has 5 N–H and O–H groups in total. The van der Waals surface area contributed by atoms with Gasteiger partial charge in [-0.2, -0.15) is 8.42 Å². The van der Waals surface area contributed by atoms with Gasteiger partial charge >= 0.3 is 11.9 Å². The van der Waals surface area contributed by atoms with Crippen molar-refractivity contribution in [3.63, 3.8) is 0 Å². The zero-order chi connectivity index (χ0) is 27.1. The fourth-order valence-corrected chi connectivity index (χ4v) is 5.36. The SMILES string of the molecule is CC(C)(C)CC(c1ccc(S(=O)(=O)O)cc1)C(C)(C)C(C)(C)C(C(=O)O)C(C(=O)O)C(C)(C)N. The van der Waals surface area contributed by atoms with Crippen LogP contribution in [-0.2, 0) is 19.7 Å². The predicted molar refractivity (Wildman–Crippen MR) is 131 cm³/mol. The highest BCUT2D eigenvalue weighted by molar-refractivity contribution is 7.85. The number of aliphatic carboxylic acids is 2. The van der Waals surface area contributed by atoms with Crippen LogP contribution < -0.4 is 5.73 Å². The first-order chi connectivity index (χ1) is 14.9. The van der Waals surface area contributed by atoms with Crippen molar-refractivity contribution < 1.29 is 32.8 Å². The lowest BCUT2D eigenvalue weighted by atomic mass is 9.50. The van der Waals surface area contributed by atoms with Gasteiger partial charge in [-0.15, -0.1) is 0 Å². The van der Waals surface area contributed by atoms with Gasteiger partial charge in [0, 0.05) is 5.54 Å². The van der Waals surface area contributed by atoms with E-state index in [-0.39, 0.29) is 16.2 Å². The van der Waals surface area contributed by atoms with Gasteiger partial charge < -0.3 is 15.9 Å². The molecule has 0 radical (unpaired) electrons. The van der Waals surface area contributed by atoms with E-state index in [1.54, 1.807) is 26.0 Å². The van der Waals surface area contributed by atoms with Crippen molar-refractivity contribution in [2.75, 3.05) is 0 Å². The second kappa shape index (κ2) is 9.59. The number of carbonyl (C=O) groups is 2. The van der Waals surface area contributed by atoms with Crippen LogP contribution >= 0.6 is 0 Å². The summed E-state index contributed by atoms with van der Waals surface area (Å²) in [6.07, 6.45) is 0.616. The Morgan fingerprint density at radius 3 is 1.53 bits per heavy atom. The van der Waals surface area contributed by atoms with Gasteiger partial charge in [-0.1, -0.05) is 60.6 Å². The van der Waals surface area contributed by atoms with Gasteiger partial charge in [0.25, 0.3) is 10.1 Å². The molecule has 0 aliphatic rings. The van der Waals surface area contributed by atoms with Gasteiger partial charge in [0.1, 0.15) is 0 Å². The highest BCUT2D eigenvalue weighted by atomic mass is 32.2. The van der Waals surface area contributed by atoms with E-state index in [1.807, 2.05) is 34.6 Å². The molecule has 3 unspecified atom stereocenters. The number of hydrogen-bond acceptors (Lipinski definition) is 5. The van der Waals surface area contributed by atoms with E-state index in [0.717, 1.165) is 5.56 Å². The Hall–Kier alpha value is -1.97. The molecule has 3 atom stereocenters. The van der Waals surface area contributed by atoms with Crippen LogP contribution in [0.2, 0.25) is 0 Å². The van der Waals surface area contributed by atoms with E-state index >= 15 is 0 Å². The summed E-state index contributed by atoms with van der Waals surface area (Å²) in [4.78, 5) is 24.6. The maximum atomic E-state index is 12.6. The van der Waals surface area contributed by atoms with Crippen LogP contribution in [0, 0.1) is 28.1 Å². The van der Waals surface area contributed by atoms with E-state index in [9.17, 15) is 32.8 Å². The van der Waals surface area contributed by atoms with Crippen molar-refractivity contribution in [3.8, 4) is 0 Å². The van der Waals surface area contributed by atoms with Crippen molar-refractivity contribution in [2.24, 2.45) is 33.8 Å². The molecule has 0 saturated carbocycles. The van der Waals surface area contributed by atoms with Gasteiger partial charge in [-0.25, -0.2) is 0 Å². The Labute approximate surface area is 203 Å². The van der Waals surface area contributed by atoms with Crippen LogP contribution in [0.4, 0.5) is 0 Å². The Morgan fingerprint density at radius 1 is 0.824 bits per heavy atom. The number of nitrogens with two attached hydrogens (primary N) is 1. The van der Waals surface area contributed by atoms with Crippen molar-refractivity contribution >= 4 is 22.1 Å². The first-order valence-electron chi connectivity index (χ1n) is 11.3. The highest BCUT2D eigenvalue weighted by Gasteiger charge is 2.57. The fourth-order valence-electron chi connectivity index (χ4n) is 4.88. The third-order valence-electron chi connectivity index (χ3n) is 7.37. The lowest BCUT2D eigenvalue weighted by molar-refractivity contribution is -0.168. The van der Waals surface area contributed by atoms with Crippen molar-refractivity contribution in [1.82, 2.24) is 0 Å². The molecule has 0 aliphatic heterocycles. The molecular formula is C25H41NO7S. The van der Waals surface area contributed by atoms with Gasteiger partial charge in [-0.05, 0) is 60.1 Å². The maximum Gasteiger partial charge on any atom is 0.309 e. The average molecular weight is 500 g/mol. The van der Waals surface area contributed by atoms with Crippen LogP contribution in [-0.4, -0.2) is 40.7 Å². The number of benzene rings is 1. The topological polar surface area (TPSA) is 155 Å². The lowest BCUT2D eigenvalue weighted by Crippen LogP contribution is -2.58. The van der Waals surface area contributed by atoms with E-state index in [1.165, 1.54) is 26.0 Å². The molecule has 0 heterocycles. The van der Waals surface area contributed by atoms with Gasteiger partial charge in [0.2, 0.25) is 0 Å². The third-order valence-corrected chi connectivity index (χ3v) is 8.24. The molecule has 34 heavy (non-hydrogen) atoms. The Bertz CT molecular complexity index is 997. The van der Waals surface area contributed by atoms with Gasteiger partial charge in [0.15, 0.2) is 0 Å². The molecule has 0 aliphatic carbocycles. The molecule has 1 rings (SSSR count). The summed E-state index contributed by atoms with van der Waals surface area (Å²) in [5, 5.41) is 20.2. The molecule has 0 bridgehead atoms. The maximum absolute atomic E-state index is 12.6. The molecule has 0 spiro atoms. The molecule has 194 valence electrons. The smallest absolute Gasteiger partial charge is 0.309 e. The van der Waals surface area contributed by atoms with Crippen LogP contribution in [0.3, 0.4) is 0 Å². The number of hydrogen-bond donors (Lipinski definition) is 4. The standard InChI is InChI=1S/C25H41NO7S/c1-22(2,3)14-17(15-10-12-16(13-11-15)34(31,32)33)23(4,5)24(6,7)18(20(27)28)19(21(29)30)25(8,9)26/h10-13,17-19H,14,26H2,1-9H3,(H,27,28)(H,29,30)(H,31,32,33). The summed E-state index contributed by atoms with van der Waals surface area (Å²) in [5.41, 5.74) is 3.64. The first kappa shape index (κ1) is 30.1. The molecule has 1 aromatic carbocycles. The summed E-state index contributed by atoms with van der Waals surface area (Å²) in [7, 11) is -4.36. The Kier molecular flexibility index (Phi) is 8.48. The van der Waals surface area contributed by atoms with E-state index in [4.69, 9.17) is 5.73 Å². The second-order valence-corrected chi connectivity index (χ2v) is 13.7. The summed E-state index contributed by atoms with van der Waals surface area (Å²) >= 11 is 0. The minimum absolute atomic E-state index is 0.183. The molecule has 8 nitrogen and oxygen atoms in total. The Morgan fingerprint density at radius 2 is 1.24 bits per heavy atom.